The Balaban J connectivity index is 1.95. The number of aryl methyl sites for hydroxylation is 1. The van der Waals surface area contributed by atoms with Crippen LogP contribution in [-0.2, 0) is 4.79 Å². The van der Waals surface area contributed by atoms with Gasteiger partial charge in [0.1, 0.15) is 5.75 Å². The van der Waals surface area contributed by atoms with E-state index >= 15 is 0 Å². The maximum absolute atomic E-state index is 12.2. The number of hydrogen-bond donors (Lipinski definition) is 1. The molecule has 1 aromatic rings. The lowest BCUT2D eigenvalue weighted by Crippen LogP contribution is -2.47. The maximum Gasteiger partial charge on any atom is 0.260 e. The molecular weight excluding hydrogens is 278 g/mol. The highest BCUT2D eigenvalue weighted by Crippen LogP contribution is 2.25. The van der Waals surface area contributed by atoms with Crippen molar-refractivity contribution in [2.45, 2.75) is 32.2 Å². The van der Waals surface area contributed by atoms with Crippen molar-refractivity contribution < 1.29 is 14.6 Å². The van der Waals surface area contributed by atoms with Gasteiger partial charge in [-0.1, -0.05) is 17.7 Å². The van der Waals surface area contributed by atoms with Gasteiger partial charge in [0.25, 0.3) is 5.91 Å². The van der Waals surface area contributed by atoms with Gasteiger partial charge in [-0.3, -0.25) is 4.79 Å². The van der Waals surface area contributed by atoms with Gasteiger partial charge in [-0.05, 0) is 43.9 Å². The first-order valence-electron chi connectivity index (χ1n) is 6.91. The largest absolute Gasteiger partial charge is 0.482 e. The molecule has 1 saturated heterocycles. The van der Waals surface area contributed by atoms with E-state index in [0.29, 0.717) is 17.3 Å². The van der Waals surface area contributed by atoms with E-state index < -0.39 is 0 Å². The predicted octanol–water partition coefficient (Wildman–Crippen LogP) is 2.40. The molecule has 1 unspecified atom stereocenters. The number of hydrogen-bond acceptors (Lipinski definition) is 3. The minimum Gasteiger partial charge on any atom is -0.482 e. The van der Waals surface area contributed by atoms with Gasteiger partial charge in [-0.25, -0.2) is 0 Å². The molecule has 4 nitrogen and oxygen atoms in total. The Kier molecular flexibility index (Phi) is 5.26. The average molecular weight is 298 g/mol. The summed E-state index contributed by atoms with van der Waals surface area (Å²) >= 11 is 6.03. The zero-order valence-electron chi connectivity index (χ0n) is 11.6. The number of piperidine rings is 1. The quantitative estimate of drug-likeness (QED) is 0.928. The number of ether oxygens (including phenoxy) is 1. The molecule has 1 fully saturated rings. The van der Waals surface area contributed by atoms with E-state index in [1.54, 1.807) is 11.0 Å². The fourth-order valence-corrected chi connectivity index (χ4v) is 2.63. The summed E-state index contributed by atoms with van der Waals surface area (Å²) in [4.78, 5) is 13.9. The molecule has 5 heteroatoms. The summed E-state index contributed by atoms with van der Waals surface area (Å²) in [5, 5.41) is 9.82. The van der Waals surface area contributed by atoms with E-state index in [0.717, 1.165) is 24.8 Å². The van der Waals surface area contributed by atoms with Gasteiger partial charge in [0.15, 0.2) is 6.61 Å². The molecule has 1 aliphatic rings. The summed E-state index contributed by atoms with van der Waals surface area (Å²) < 4.78 is 5.52. The van der Waals surface area contributed by atoms with Crippen LogP contribution in [0.2, 0.25) is 5.02 Å². The Labute approximate surface area is 124 Å². The smallest absolute Gasteiger partial charge is 0.260 e. The average Bonchev–Trinajstić information content (AvgIpc) is 2.47. The first-order valence-corrected chi connectivity index (χ1v) is 7.29. The number of carbonyl (C=O) groups excluding carboxylic acids is 1. The SMILES string of the molecule is Cc1ccc(Cl)c(OCC(=O)N2CCCCC2CO)c1. The monoisotopic (exact) mass is 297 g/mol. The summed E-state index contributed by atoms with van der Waals surface area (Å²) in [5.41, 5.74) is 1.03. The Morgan fingerprint density at radius 2 is 2.30 bits per heavy atom. The number of likely N-dealkylation sites (tertiary alicyclic amines) is 1. The molecule has 1 heterocycles. The zero-order valence-corrected chi connectivity index (χ0v) is 12.4. The molecular formula is C15H20ClNO3. The van der Waals surface area contributed by atoms with Crippen LogP contribution in [0.5, 0.6) is 5.75 Å². The highest BCUT2D eigenvalue weighted by molar-refractivity contribution is 6.32. The first-order chi connectivity index (χ1) is 9.61. The number of halogens is 1. The third kappa shape index (κ3) is 3.64. The number of amides is 1. The number of benzene rings is 1. The standard InChI is InChI=1S/C15H20ClNO3/c1-11-5-6-13(16)14(8-11)20-10-15(19)17-7-3-2-4-12(17)9-18/h5-6,8,12,18H,2-4,7,9-10H2,1H3. The third-order valence-corrected chi connectivity index (χ3v) is 3.91. The van der Waals surface area contributed by atoms with Crippen LogP contribution in [0.15, 0.2) is 18.2 Å². The third-order valence-electron chi connectivity index (χ3n) is 3.60. The van der Waals surface area contributed by atoms with Crippen LogP contribution in [0.1, 0.15) is 24.8 Å². The lowest BCUT2D eigenvalue weighted by atomic mass is 10.0. The van der Waals surface area contributed by atoms with Crippen molar-refractivity contribution >= 4 is 17.5 Å². The van der Waals surface area contributed by atoms with Gasteiger partial charge < -0.3 is 14.7 Å². The fourth-order valence-electron chi connectivity index (χ4n) is 2.46. The van der Waals surface area contributed by atoms with E-state index in [1.165, 1.54) is 0 Å². The Hall–Kier alpha value is -1.26. The van der Waals surface area contributed by atoms with Crippen molar-refractivity contribution in [2.75, 3.05) is 19.8 Å². The van der Waals surface area contributed by atoms with Gasteiger partial charge >= 0.3 is 0 Å². The second-order valence-corrected chi connectivity index (χ2v) is 5.55. The van der Waals surface area contributed by atoms with Crippen LogP contribution in [0.4, 0.5) is 0 Å². The molecule has 0 radical (unpaired) electrons. The second kappa shape index (κ2) is 6.95. The zero-order chi connectivity index (χ0) is 14.5. The lowest BCUT2D eigenvalue weighted by Gasteiger charge is -2.34. The summed E-state index contributed by atoms with van der Waals surface area (Å²) in [5.74, 6) is 0.430. The summed E-state index contributed by atoms with van der Waals surface area (Å²) in [6.45, 7) is 2.60. The molecule has 2 rings (SSSR count). The molecule has 0 aromatic heterocycles. The van der Waals surface area contributed by atoms with Gasteiger partial charge in [0.05, 0.1) is 17.7 Å². The van der Waals surface area contributed by atoms with E-state index in [2.05, 4.69) is 0 Å². The number of aliphatic hydroxyl groups is 1. The molecule has 0 aliphatic carbocycles. The molecule has 1 aliphatic heterocycles. The highest BCUT2D eigenvalue weighted by atomic mass is 35.5. The lowest BCUT2D eigenvalue weighted by molar-refractivity contribution is -0.138. The Bertz CT molecular complexity index is 478. The van der Waals surface area contributed by atoms with Gasteiger partial charge in [-0.15, -0.1) is 0 Å². The van der Waals surface area contributed by atoms with E-state index in [9.17, 15) is 9.90 Å². The number of nitrogens with zero attached hydrogens (tertiary/aromatic N) is 1. The van der Waals surface area contributed by atoms with Crippen LogP contribution < -0.4 is 4.74 Å². The van der Waals surface area contributed by atoms with Crippen LogP contribution in [0.25, 0.3) is 0 Å². The van der Waals surface area contributed by atoms with Gasteiger partial charge in [0.2, 0.25) is 0 Å². The molecule has 110 valence electrons. The van der Waals surface area contributed by atoms with Crippen molar-refractivity contribution in [3.63, 3.8) is 0 Å². The molecule has 1 aromatic carbocycles. The highest BCUT2D eigenvalue weighted by Gasteiger charge is 2.26. The summed E-state index contributed by atoms with van der Waals surface area (Å²) in [6.07, 6.45) is 2.89. The van der Waals surface area contributed by atoms with E-state index in [1.807, 2.05) is 19.1 Å². The molecule has 1 amide bonds. The summed E-state index contributed by atoms with van der Waals surface area (Å²) in [6, 6.07) is 5.39. The Morgan fingerprint density at radius 3 is 3.05 bits per heavy atom. The number of aliphatic hydroxyl groups excluding tert-OH is 1. The number of carbonyl (C=O) groups is 1. The van der Waals surface area contributed by atoms with Crippen LogP contribution in [0.3, 0.4) is 0 Å². The van der Waals surface area contributed by atoms with Crippen LogP contribution in [-0.4, -0.2) is 41.7 Å². The Morgan fingerprint density at radius 1 is 1.50 bits per heavy atom. The first kappa shape index (κ1) is 15.1. The minimum absolute atomic E-state index is 0.0109. The van der Waals surface area contributed by atoms with Crippen LogP contribution in [0, 0.1) is 6.92 Å². The van der Waals surface area contributed by atoms with Crippen molar-refractivity contribution in [1.82, 2.24) is 4.90 Å². The van der Waals surface area contributed by atoms with Gasteiger partial charge in [0, 0.05) is 6.54 Å². The molecule has 20 heavy (non-hydrogen) atoms. The van der Waals surface area contributed by atoms with Gasteiger partial charge in [-0.2, -0.15) is 0 Å². The molecule has 1 N–H and O–H groups in total. The molecule has 0 spiro atoms. The molecule has 0 bridgehead atoms. The number of rotatable bonds is 4. The van der Waals surface area contributed by atoms with Crippen molar-refractivity contribution in [3.05, 3.63) is 28.8 Å². The van der Waals surface area contributed by atoms with E-state index in [4.69, 9.17) is 16.3 Å². The van der Waals surface area contributed by atoms with Crippen molar-refractivity contribution in [3.8, 4) is 5.75 Å². The predicted molar refractivity (Wildman–Crippen MR) is 78.1 cm³/mol. The van der Waals surface area contributed by atoms with Crippen molar-refractivity contribution in [2.24, 2.45) is 0 Å². The topological polar surface area (TPSA) is 49.8 Å². The van der Waals surface area contributed by atoms with Crippen molar-refractivity contribution in [1.29, 1.82) is 0 Å². The second-order valence-electron chi connectivity index (χ2n) is 5.14. The molecule has 1 atom stereocenters. The fraction of sp³-hybridized carbons (Fsp3) is 0.533. The minimum atomic E-state index is -0.0960. The molecule has 0 saturated carbocycles. The summed E-state index contributed by atoms with van der Waals surface area (Å²) in [7, 11) is 0. The normalized spacial score (nSPS) is 18.9. The van der Waals surface area contributed by atoms with Crippen LogP contribution >= 0.6 is 11.6 Å². The maximum atomic E-state index is 12.2. The van der Waals surface area contributed by atoms with E-state index in [-0.39, 0.29) is 25.2 Å².